The van der Waals surface area contributed by atoms with Crippen molar-refractivity contribution >= 4 is 11.3 Å². The average Bonchev–Trinajstić information content (AvgIpc) is 2.84. The molecule has 0 aliphatic heterocycles. The third kappa shape index (κ3) is 3.01. The Bertz CT molecular complexity index is 501. The fourth-order valence-electron chi connectivity index (χ4n) is 2.18. The lowest BCUT2D eigenvalue weighted by atomic mass is 10.0. The minimum Gasteiger partial charge on any atom is -0.306 e. The summed E-state index contributed by atoms with van der Waals surface area (Å²) in [6, 6.07) is 13.6. The Morgan fingerprint density at radius 1 is 1.17 bits per heavy atom. The van der Waals surface area contributed by atoms with E-state index < -0.39 is 0 Å². The molecular formula is C16H21NS. The summed E-state index contributed by atoms with van der Waals surface area (Å²) in [6.45, 7) is 7.51. The van der Waals surface area contributed by atoms with Crippen LogP contribution in [0.2, 0.25) is 0 Å². The van der Waals surface area contributed by atoms with Gasteiger partial charge in [-0.1, -0.05) is 43.7 Å². The number of rotatable bonds is 5. The lowest BCUT2D eigenvalue weighted by Gasteiger charge is -2.17. The summed E-state index contributed by atoms with van der Waals surface area (Å²) in [5.41, 5.74) is 2.68. The van der Waals surface area contributed by atoms with Crippen LogP contribution in [0.25, 0.3) is 0 Å². The lowest BCUT2D eigenvalue weighted by molar-refractivity contribution is 0.639. The van der Waals surface area contributed by atoms with Gasteiger partial charge in [0, 0.05) is 9.75 Å². The van der Waals surface area contributed by atoms with Gasteiger partial charge in [-0.3, -0.25) is 0 Å². The molecule has 0 amide bonds. The van der Waals surface area contributed by atoms with Crippen LogP contribution >= 0.6 is 11.3 Å². The standard InChI is InChI=1S/C16H21NS/c1-4-14-9-10-15(18-14)16(17-5-2)13-8-6-7-12(3)11-13/h6-11,16-17H,4-5H2,1-3H3. The third-order valence-electron chi connectivity index (χ3n) is 3.10. The Hall–Kier alpha value is -1.12. The van der Waals surface area contributed by atoms with Gasteiger partial charge in [0.1, 0.15) is 0 Å². The van der Waals surface area contributed by atoms with Crippen molar-refractivity contribution in [2.75, 3.05) is 6.54 Å². The van der Waals surface area contributed by atoms with Gasteiger partial charge in [0.25, 0.3) is 0 Å². The van der Waals surface area contributed by atoms with Crippen molar-refractivity contribution in [2.24, 2.45) is 0 Å². The molecule has 0 bridgehead atoms. The van der Waals surface area contributed by atoms with Crippen molar-refractivity contribution in [3.05, 3.63) is 57.3 Å². The molecule has 1 aromatic carbocycles. The predicted molar refractivity (Wildman–Crippen MR) is 80.4 cm³/mol. The fourth-order valence-corrected chi connectivity index (χ4v) is 3.23. The number of benzene rings is 1. The molecule has 0 saturated carbocycles. The zero-order valence-electron chi connectivity index (χ0n) is 11.4. The smallest absolute Gasteiger partial charge is 0.0671 e. The maximum atomic E-state index is 3.59. The van der Waals surface area contributed by atoms with Crippen molar-refractivity contribution in [2.45, 2.75) is 33.2 Å². The molecule has 2 rings (SSSR count). The van der Waals surface area contributed by atoms with Crippen LogP contribution in [0.4, 0.5) is 0 Å². The van der Waals surface area contributed by atoms with E-state index in [1.54, 1.807) is 0 Å². The van der Waals surface area contributed by atoms with Gasteiger partial charge in [0.15, 0.2) is 0 Å². The summed E-state index contributed by atoms with van der Waals surface area (Å²) in [6.07, 6.45) is 1.12. The maximum absolute atomic E-state index is 3.59. The zero-order chi connectivity index (χ0) is 13.0. The average molecular weight is 259 g/mol. The highest BCUT2D eigenvalue weighted by Gasteiger charge is 2.14. The quantitative estimate of drug-likeness (QED) is 0.843. The first-order valence-corrected chi connectivity index (χ1v) is 7.44. The van der Waals surface area contributed by atoms with Gasteiger partial charge < -0.3 is 5.32 Å². The molecular weight excluding hydrogens is 238 g/mol. The largest absolute Gasteiger partial charge is 0.306 e. The molecule has 1 aromatic heterocycles. The van der Waals surface area contributed by atoms with Gasteiger partial charge >= 0.3 is 0 Å². The summed E-state index contributed by atoms with van der Waals surface area (Å²) in [5, 5.41) is 3.59. The van der Waals surface area contributed by atoms with E-state index in [9.17, 15) is 0 Å². The SMILES string of the molecule is CCNC(c1cccc(C)c1)c1ccc(CC)s1. The summed E-state index contributed by atoms with van der Waals surface area (Å²) in [4.78, 5) is 2.87. The number of thiophene rings is 1. The molecule has 0 fully saturated rings. The summed E-state index contributed by atoms with van der Waals surface area (Å²) in [5.74, 6) is 0. The van der Waals surface area contributed by atoms with Crippen LogP contribution in [0.5, 0.6) is 0 Å². The van der Waals surface area contributed by atoms with Crippen LogP contribution in [0.15, 0.2) is 36.4 Å². The highest BCUT2D eigenvalue weighted by molar-refractivity contribution is 7.12. The molecule has 1 atom stereocenters. The molecule has 0 saturated heterocycles. The fraction of sp³-hybridized carbons (Fsp3) is 0.375. The first-order valence-electron chi connectivity index (χ1n) is 6.63. The van der Waals surface area contributed by atoms with E-state index in [1.807, 2.05) is 11.3 Å². The Labute approximate surface area is 114 Å². The topological polar surface area (TPSA) is 12.0 Å². The molecule has 0 aliphatic rings. The Morgan fingerprint density at radius 3 is 2.61 bits per heavy atom. The Kier molecular flexibility index (Phi) is 4.56. The van der Waals surface area contributed by atoms with Crippen molar-refractivity contribution in [1.29, 1.82) is 0 Å². The predicted octanol–water partition coefficient (Wildman–Crippen LogP) is 4.32. The van der Waals surface area contributed by atoms with E-state index in [0.29, 0.717) is 6.04 Å². The summed E-state index contributed by atoms with van der Waals surface area (Å²) >= 11 is 1.92. The highest BCUT2D eigenvalue weighted by atomic mass is 32.1. The van der Waals surface area contributed by atoms with E-state index >= 15 is 0 Å². The number of hydrogen-bond acceptors (Lipinski definition) is 2. The first-order chi connectivity index (χ1) is 8.74. The normalized spacial score (nSPS) is 12.6. The lowest BCUT2D eigenvalue weighted by Crippen LogP contribution is -2.21. The summed E-state index contributed by atoms with van der Waals surface area (Å²) < 4.78 is 0. The number of nitrogens with one attached hydrogen (secondary N) is 1. The molecule has 0 spiro atoms. The van der Waals surface area contributed by atoms with Crippen molar-refractivity contribution in [1.82, 2.24) is 5.32 Å². The molecule has 2 heteroatoms. The minimum atomic E-state index is 0.334. The molecule has 18 heavy (non-hydrogen) atoms. The van der Waals surface area contributed by atoms with Crippen LogP contribution in [0.3, 0.4) is 0 Å². The van der Waals surface area contributed by atoms with E-state index in [0.717, 1.165) is 13.0 Å². The highest BCUT2D eigenvalue weighted by Crippen LogP contribution is 2.29. The second kappa shape index (κ2) is 6.17. The van der Waals surface area contributed by atoms with Crippen LogP contribution in [0.1, 0.15) is 40.8 Å². The van der Waals surface area contributed by atoms with E-state index in [2.05, 4.69) is 62.5 Å². The van der Waals surface area contributed by atoms with Crippen LogP contribution in [0, 0.1) is 6.92 Å². The number of hydrogen-bond donors (Lipinski definition) is 1. The van der Waals surface area contributed by atoms with Gasteiger partial charge in [-0.25, -0.2) is 0 Å². The van der Waals surface area contributed by atoms with Gasteiger partial charge in [-0.05, 0) is 37.6 Å². The molecule has 0 aliphatic carbocycles. The second-order valence-electron chi connectivity index (χ2n) is 4.56. The molecule has 1 heterocycles. The van der Waals surface area contributed by atoms with Gasteiger partial charge in [-0.2, -0.15) is 0 Å². The monoisotopic (exact) mass is 259 g/mol. The third-order valence-corrected chi connectivity index (χ3v) is 4.39. The van der Waals surface area contributed by atoms with Crippen molar-refractivity contribution < 1.29 is 0 Å². The van der Waals surface area contributed by atoms with E-state index in [-0.39, 0.29) is 0 Å². The zero-order valence-corrected chi connectivity index (χ0v) is 12.2. The van der Waals surface area contributed by atoms with Gasteiger partial charge in [0.2, 0.25) is 0 Å². The Balaban J connectivity index is 2.33. The van der Waals surface area contributed by atoms with Gasteiger partial charge in [-0.15, -0.1) is 11.3 Å². The molecule has 0 radical (unpaired) electrons. The molecule has 2 aromatic rings. The molecule has 96 valence electrons. The van der Waals surface area contributed by atoms with Crippen LogP contribution < -0.4 is 5.32 Å². The second-order valence-corrected chi connectivity index (χ2v) is 5.76. The van der Waals surface area contributed by atoms with E-state index in [1.165, 1.54) is 20.9 Å². The Morgan fingerprint density at radius 2 is 2.00 bits per heavy atom. The molecule has 1 N–H and O–H groups in total. The van der Waals surface area contributed by atoms with Crippen molar-refractivity contribution in [3.63, 3.8) is 0 Å². The van der Waals surface area contributed by atoms with Gasteiger partial charge in [0.05, 0.1) is 6.04 Å². The molecule has 1 unspecified atom stereocenters. The summed E-state index contributed by atoms with van der Waals surface area (Å²) in [7, 11) is 0. The van der Waals surface area contributed by atoms with Crippen LogP contribution in [-0.4, -0.2) is 6.54 Å². The van der Waals surface area contributed by atoms with Crippen LogP contribution in [-0.2, 0) is 6.42 Å². The first kappa shape index (κ1) is 13.3. The maximum Gasteiger partial charge on any atom is 0.0671 e. The van der Waals surface area contributed by atoms with Crippen molar-refractivity contribution in [3.8, 4) is 0 Å². The molecule has 1 nitrogen and oxygen atoms in total. The number of aryl methyl sites for hydroxylation is 2. The minimum absolute atomic E-state index is 0.334. The van der Waals surface area contributed by atoms with E-state index in [4.69, 9.17) is 0 Å².